The molecule has 20 heavy (non-hydrogen) atoms. The topological polar surface area (TPSA) is 24.9 Å². The molecule has 0 aliphatic heterocycles. The fourth-order valence-corrected chi connectivity index (χ4v) is 2.52. The van der Waals surface area contributed by atoms with Crippen molar-refractivity contribution in [1.82, 2.24) is 10.3 Å². The Hall–Kier alpha value is -1.10. The molecule has 0 aromatic carbocycles. The molecule has 2 nitrogen and oxygen atoms in total. The van der Waals surface area contributed by atoms with Crippen molar-refractivity contribution in [2.24, 2.45) is 0 Å². The van der Waals surface area contributed by atoms with Crippen LogP contribution in [0.1, 0.15) is 51.7 Å². The Labute approximate surface area is 118 Å². The molecule has 1 N–H and O–H groups in total. The number of halogens is 3. The van der Waals surface area contributed by atoms with Crippen LogP contribution in [0.25, 0.3) is 0 Å². The molecule has 1 heterocycles. The Kier molecular flexibility index (Phi) is 5.57. The lowest BCUT2D eigenvalue weighted by atomic mass is 9.78. The number of nitrogens with one attached hydrogen (secondary N) is 1. The zero-order chi connectivity index (χ0) is 15.4. The van der Waals surface area contributed by atoms with Gasteiger partial charge in [-0.1, -0.05) is 20.8 Å². The van der Waals surface area contributed by atoms with Gasteiger partial charge in [0.1, 0.15) is 0 Å². The Morgan fingerprint density at radius 2 is 1.90 bits per heavy atom. The lowest BCUT2D eigenvalue weighted by Gasteiger charge is -2.31. The first-order valence-corrected chi connectivity index (χ1v) is 6.93. The van der Waals surface area contributed by atoms with E-state index >= 15 is 0 Å². The molecule has 1 unspecified atom stereocenters. The molecular formula is C15H23F3N2. The largest absolute Gasteiger partial charge is 0.416 e. The number of nitrogens with zero attached hydrogens (tertiary/aromatic N) is 1. The van der Waals surface area contributed by atoms with Crippen molar-refractivity contribution in [3.8, 4) is 0 Å². The highest BCUT2D eigenvalue weighted by atomic mass is 19.4. The molecule has 5 heteroatoms. The van der Waals surface area contributed by atoms with Crippen molar-refractivity contribution >= 4 is 0 Å². The van der Waals surface area contributed by atoms with Crippen LogP contribution in [-0.4, -0.2) is 17.6 Å². The molecule has 114 valence electrons. The maximum atomic E-state index is 13.1. The number of hydrogen-bond donors (Lipinski definition) is 1. The molecule has 0 bridgehead atoms. The fraction of sp³-hybridized carbons (Fsp3) is 0.667. The van der Waals surface area contributed by atoms with Crippen LogP contribution in [0.15, 0.2) is 18.5 Å². The SMILES string of the molecule is CCCNC(C)CC(C)(C)c1cnccc1C(F)(F)F. The van der Waals surface area contributed by atoms with Crippen LogP contribution in [0.4, 0.5) is 13.2 Å². The van der Waals surface area contributed by atoms with Gasteiger partial charge < -0.3 is 5.32 Å². The molecule has 1 atom stereocenters. The van der Waals surface area contributed by atoms with E-state index in [9.17, 15) is 13.2 Å². The second kappa shape index (κ2) is 6.57. The fourth-order valence-electron chi connectivity index (χ4n) is 2.52. The number of alkyl halides is 3. The maximum Gasteiger partial charge on any atom is 0.416 e. The third-order valence-electron chi connectivity index (χ3n) is 3.41. The van der Waals surface area contributed by atoms with Gasteiger partial charge in [0.05, 0.1) is 5.56 Å². The zero-order valence-corrected chi connectivity index (χ0v) is 12.5. The van der Waals surface area contributed by atoms with Crippen LogP contribution in [0.5, 0.6) is 0 Å². The quantitative estimate of drug-likeness (QED) is 0.850. The molecule has 0 radical (unpaired) electrons. The van der Waals surface area contributed by atoms with Crippen LogP contribution in [0.2, 0.25) is 0 Å². The molecule has 0 fully saturated rings. The highest BCUT2D eigenvalue weighted by Gasteiger charge is 2.38. The summed E-state index contributed by atoms with van der Waals surface area (Å²) in [6.45, 7) is 8.61. The Balaban J connectivity index is 2.98. The van der Waals surface area contributed by atoms with Crippen molar-refractivity contribution in [3.05, 3.63) is 29.6 Å². The van der Waals surface area contributed by atoms with Crippen molar-refractivity contribution in [2.45, 2.75) is 58.2 Å². The van der Waals surface area contributed by atoms with Gasteiger partial charge >= 0.3 is 6.18 Å². The molecular weight excluding hydrogens is 265 g/mol. The minimum absolute atomic E-state index is 0.159. The van der Waals surface area contributed by atoms with Crippen molar-refractivity contribution < 1.29 is 13.2 Å². The van der Waals surface area contributed by atoms with Crippen LogP contribution >= 0.6 is 0 Å². The molecule has 0 aliphatic rings. The average Bonchev–Trinajstić information content (AvgIpc) is 2.35. The predicted molar refractivity (Wildman–Crippen MR) is 74.6 cm³/mol. The second-order valence-electron chi connectivity index (χ2n) is 5.86. The van der Waals surface area contributed by atoms with Gasteiger partial charge in [0, 0.05) is 18.4 Å². The summed E-state index contributed by atoms with van der Waals surface area (Å²) < 4.78 is 39.2. The van der Waals surface area contributed by atoms with Crippen LogP contribution in [0, 0.1) is 0 Å². The van der Waals surface area contributed by atoms with E-state index in [1.165, 1.54) is 12.4 Å². The highest BCUT2D eigenvalue weighted by Crippen LogP contribution is 2.38. The predicted octanol–water partition coefficient (Wildman–Crippen LogP) is 4.16. The van der Waals surface area contributed by atoms with E-state index in [0.717, 1.165) is 19.0 Å². The van der Waals surface area contributed by atoms with E-state index in [0.29, 0.717) is 6.42 Å². The third kappa shape index (κ3) is 4.47. The van der Waals surface area contributed by atoms with E-state index < -0.39 is 17.2 Å². The van der Waals surface area contributed by atoms with Crippen LogP contribution in [0.3, 0.4) is 0 Å². The van der Waals surface area contributed by atoms with Gasteiger partial charge in [-0.25, -0.2) is 0 Å². The first kappa shape index (κ1) is 17.0. The third-order valence-corrected chi connectivity index (χ3v) is 3.41. The summed E-state index contributed by atoms with van der Waals surface area (Å²) in [5, 5.41) is 3.31. The van der Waals surface area contributed by atoms with Crippen molar-refractivity contribution in [1.29, 1.82) is 0 Å². The summed E-state index contributed by atoms with van der Waals surface area (Å²) in [7, 11) is 0. The number of pyridine rings is 1. The first-order valence-electron chi connectivity index (χ1n) is 6.93. The minimum Gasteiger partial charge on any atom is -0.314 e. The van der Waals surface area contributed by atoms with Crippen molar-refractivity contribution in [2.75, 3.05) is 6.54 Å². The van der Waals surface area contributed by atoms with Gasteiger partial charge in [-0.15, -0.1) is 0 Å². The highest BCUT2D eigenvalue weighted by molar-refractivity contribution is 5.32. The van der Waals surface area contributed by atoms with E-state index in [4.69, 9.17) is 0 Å². The van der Waals surface area contributed by atoms with Gasteiger partial charge in [0.15, 0.2) is 0 Å². The van der Waals surface area contributed by atoms with E-state index in [2.05, 4.69) is 17.2 Å². The van der Waals surface area contributed by atoms with Gasteiger partial charge in [0.2, 0.25) is 0 Å². The van der Waals surface area contributed by atoms with E-state index in [1.807, 2.05) is 20.8 Å². The summed E-state index contributed by atoms with van der Waals surface area (Å²) in [5.41, 5.74) is -0.906. The standard InChI is InChI=1S/C15H23F3N2/c1-5-7-20-11(2)9-14(3,4)13-10-19-8-6-12(13)15(16,17)18/h6,8,10-11,20H,5,7,9H2,1-4H3. The lowest BCUT2D eigenvalue weighted by Crippen LogP contribution is -2.34. The summed E-state index contributed by atoms with van der Waals surface area (Å²) in [4.78, 5) is 3.87. The Morgan fingerprint density at radius 3 is 2.45 bits per heavy atom. The molecule has 0 aliphatic carbocycles. The molecule has 0 saturated carbocycles. The molecule has 1 aromatic heterocycles. The van der Waals surface area contributed by atoms with Crippen molar-refractivity contribution in [3.63, 3.8) is 0 Å². The van der Waals surface area contributed by atoms with Gasteiger partial charge in [-0.2, -0.15) is 13.2 Å². The van der Waals surface area contributed by atoms with E-state index in [1.54, 1.807) is 0 Å². The average molecular weight is 288 g/mol. The summed E-state index contributed by atoms with van der Waals surface area (Å²) in [6.07, 6.45) is -0.167. The molecule has 0 saturated heterocycles. The zero-order valence-electron chi connectivity index (χ0n) is 12.5. The second-order valence-corrected chi connectivity index (χ2v) is 5.86. The summed E-state index contributed by atoms with van der Waals surface area (Å²) in [6, 6.07) is 1.22. The van der Waals surface area contributed by atoms with E-state index in [-0.39, 0.29) is 11.6 Å². The van der Waals surface area contributed by atoms with Gasteiger partial charge in [-0.3, -0.25) is 4.98 Å². The van der Waals surface area contributed by atoms with Gasteiger partial charge in [-0.05, 0) is 43.4 Å². The summed E-state index contributed by atoms with van der Waals surface area (Å²) in [5.74, 6) is 0. The molecule has 1 aromatic rings. The number of aromatic nitrogens is 1. The molecule has 0 spiro atoms. The number of rotatable bonds is 6. The maximum absolute atomic E-state index is 13.1. The lowest BCUT2D eigenvalue weighted by molar-refractivity contribution is -0.138. The Morgan fingerprint density at radius 1 is 1.25 bits per heavy atom. The summed E-state index contributed by atoms with van der Waals surface area (Å²) >= 11 is 0. The Bertz CT molecular complexity index is 427. The smallest absolute Gasteiger partial charge is 0.314 e. The van der Waals surface area contributed by atoms with Crippen LogP contribution < -0.4 is 5.32 Å². The minimum atomic E-state index is -4.34. The monoisotopic (exact) mass is 288 g/mol. The normalized spacial score (nSPS) is 14.3. The van der Waals surface area contributed by atoms with Crippen LogP contribution in [-0.2, 0) is 11.6 Å². The number of hydrogen-bond acceptors (Lipinski definition) is 2. The molecule has 0 amide bonds. The molecule has 1 rings (SSSR count). The van der Waals surface area contributed by atoms with Gasteiger partial charge in [0.25, 0.3) is 0 Å². The first-order chi connectivity index (χ1) is 9.18.